The van der Waals surface area contributed by atoms with E-state index in [1.807, 2.05) is 6.07 Å². The van der Waals surface area contributed by atoms with E-state index < -0.39 is 0 Å². The molecule has 104 valence electrons. The third kappa shape index (κ3) is 2.86. The maximum atomic E-state index is 11.9. The third-order valence-electron chi connectivity index (χ3n) is 3.06. The molecule has 2 aliphatic rings. The number of amidine groups is 1. The van der Waals surface area contributed by atoms with Crippen LogP contribution in [-0.2, 0) is 9.53 Å². The van der Waals surface area contributed by atoms with E-state index in [9.17, 15) is 9.90 Å². The fourth-order valence-corrected chi connectivity index (χ4v) is 3.02. The fraction of sp³-hybridized carbons (Fsp3) is 0.286. The molecule has 20 heavy (non-hydrogen) atoms. The molecular formula is C14H14N2O3S. The minimum atomic E-state index is -0.222. The van der Waals surface area contributed by atoms with Crippen LogP contribution in [-0.4, -0.2) is 47.4 Å². The van der Waals surface area contributed by atoms with E-state index in [1.165, 1.54) is 11.8 Å². The maximum Gasteiger partial charge on any atom is 0.286 e. The number of amides is 1. The van der Waals surface area contributed by atoms with E-state index in [0.29, 0.717) is 18.1 Å². The van der Waals surface area contributed by atoms with Gasteiger partial charge in [-0.15, -0.1) is 0 Å². The van der Waals surface area contributed by atoms with Gasteiger partial charge in [0.2, 0.25) is 0 Å². The normalized spacial score (nSPS) is 21.4. The van der Waals surface area contributed by atoms with E-state index in [4.69, 9.17) is 4.74 Å². The van der Waals surface area contributed by atoms with Crippen LogP contribution >= 0.6 is 11.8 Å². The Balaban J connectivity index is 1.76. The standard InChI is InChI=1S/C14H14N2O3S/c17-11-3-1-2-10(8-11)9-12-13(18)15-14(20-12)16-4-6-19-7-5-16/h1-3,8-9,17H,4-7H2. The predicted octanol–water partition coefficient (Wildman–Crippen LogP) is 1.69. The number of nitrogens with zero attached hydrogens (tertiary/aromatic N) is 2. The zero-order chi connectivity index (χ0) is 13.9. The first-order valence-corrected chi connectivity index (χ1v) is 7.18. The summed E-state index contributed by atoms with van der Waals surface area (Å²) in [5, 5.41) is 10.2. The molecule has 1 aromatic rings. The molecule has 1 saturated heterocycles. The number of phenolic OH excluding ortho intramolecular Hbond substituents is 1. The van der Waals surface area contributed by atoms with Crippen LogP contribution in [0.5, 0.6) is 5.75 Å². The minimum Gasteiger partial charge on any atom is -0.508 e. The second-order valence-corrected chi connectivity index (χ2v) is 5.51. The number of phenols is 1. The fourth-order valence-electron chi connectivity index (χ4n) is 2.05. The Morgan fingerprint density at radius 1 is 1.35 bits per heavy atom. The van der Waals surface area contributed by atoms with Gasteiger partial charge in [0.15, 0.2) is 5.17 Å². The van der Waals surface area contributed by atoms with Gasteiger partial charge in [0.1, 0.15) is 5.75 Å². The van der Waals surface area contributed by atoms with E-state index in [-0.39, 0.29) is 11.7 Å². The number of aromatic hydroxyl groups is 1. The first-order chi connectivity index (χ1) is 9.72. The number of hydrogen-bond donors (Lipinski definition) is 1. The molecule has 2 aliphatic heterocycles. The van der Waals surface area contributed by atoms with Crippen molar-refractivity contribution in [2.45, 2.75) is 0 Å². The molecule has 0 saturated carbocycles. The number of rotatable bonds is 1. The zero-order valence-electron chi connectivity index (χ0n) is 10.8. The number of carbonyl (C=O) groups is 1. The molecular weight excluding hydrogens is 276 g/mol. The lowest BCUT2D eigenvalue weighted by atomic mass is 10.2. The van der Waals surface area contributed by atoms with Crippen molar-refractivity contribution in [1.82, 2.24) is 4.90 Å². The van der Waals surface area contributed by atoms with E-state index in [2.05, 4.69) is 9.89 Å². The maximum absolute atomic E-state index is 11.9. The monoisotopic (exact) mass is 290 g/mol. The van der Waals surface area contributed by atoms with Gasteiger partial charge in [0.05, 0.1) is 18.1 Å². The summed E-state index contributed by atoms with van der Waals surface area (Å²) in [7, 11) is 0. The number of benzene rings is 1. The summed E-state index contributed by atoms with van der Waals surface area (Å²) >= 11 is 1.38. The molecule has 5 nitrogen and oxygen atoms in total. The summed E-state index contributed by atoms with van der Waals surface area (Å²) in [6.45, 7) is 2.86. The Bertz CT molecular complexity index is 592. The average molecular weight is 290 g/mol. The molecule has 0 bridgehead atoms. The van der Waals surface area contributed by atoms with Gasteiger partial charge in [-0.3, -0.25) is 4.79 Å². The minimum absolute atomic E-state index is 0.184. The average Bonchev–Trinajstić information content (AvgIpc) is 2.81. The second kappa shape index (κ2) is 5.68. The zero-order valence-corrected chi connectivity index (χ0v) is 11.6. The molecule has 6 heteroatoms. The van der Waals surface area contributed by atoms with E-state index in [0.717, 1.165) is 23.8 Å². The SMILES string of the molecule is O=C1N=C(N2CCOCC2)SC1=Cc1cccc(O)c1. The summed E-state index contributed by atoms with van der Waals surface area (Å²) in [5.74, 6) is -0.0380. The summed E-state index contributed by atoms with van der Waals surface area (Å²) in [6.07, 6.45) is 1.75. The predicted molar refractivity (Wildman–Crippen MR) is 78.5 cm³/mol. The Morgan fingerprint density at radius 3 is 2.90 bits per heavy atom. The van der Waals surface area contributed by atoms with Crippen molar-refractivity contribution in [1.29, 1.82) is 0 Å². The third-order valence-corrected chi connectivity index (χ3v) is 4.10. The van der Waals surface area contributed by atoms with Crippen molar-refractivity contribution >= 4 is 28.9 Å². The lowest BCUT2D eigenvalue weighted by molar-refractivity contribution is -0.113. The number of carbonyl (C=O) groups excluding carboxylic acids is 1. The molecule has 1 N–H and O–H groups in total. The molecule has 2 heterocycles. The van der Waals surface area contributed by atoms with Crippen LogP contribution < -0.4 is 0 Å². The highest BCUT2D eigenvalue weighted by Gasteiger charge is 2.26. The molecule has 0 unspecified atom stereocenters. The highest BCUT2D eigenvalue weighted by Crippen LogP contribution is 2.30. The molecule has 0 atom stereocenters. The lowest BCUT2D eigenvalue weighted by Gasteiger charge is -2.27. The Labute approximate surface area is 120 Å². The Hall–Kier alpha value is -1.79. The van der Waals surface area contributed by atoms with E-state index in [1.54, 1.807) is 24.3 Å². The van der Waals surface area contributed by atoms with Gasteiger partial charge in [-0.25, -0.2) is 0 Å². The van der Waals surface area contributed by atoms with Crippen molar-refractivity contribution in [3.05, 3.63) is 34.7 Å². The first-order valence-electron chi connectivity index (χ1n) is 6.37. The van der Waals surface area contributed by atoms with Crippen molar-refractivity contribution in [3.8, 4) is 5.75 Å². The number of morpholine rings is 1. The van der Waals surface area contributed by atoms with Crippen LogP contribution in [0.2, 0.25) is 0 Å². The lowest BCUT2D eigenvalue weighted by Crippen LogP contribution is -2.38. The van der Waals surface area contributed by atoms with Crippen molar-refractivity contribution in [2.24, 2.45) is 4.99 Å². The molecule has 0 spiro atoms. The summed E-state index contributed by atoms with van der Waals surface area (Å²) < 4.78 is 5.29. The quantitative estimate of drug-likeness (QED) is 0.798. The molecule has 0 radical (unpaired) electrons. The van der Waals surface area contributed by atoms with Crippen molar-refractivity contribution in [2.75, 3.05) is 26.3 Å². The van der Waals surface area contributed by atoms with Gasteiger partial charge in [-0.2, -0.15) is 4.99 Å². The van der Waals surface area contributed by atoms with Crippen LogP contribution in [0.1, 0.15) is 5.56 Å². The number of aliphatic imine (C=N–C) groups is 1. The number of hydrogen-bond acceptors (Lipinski definition) is 5. The molecule has 1 fully saturated rings. The van der Waals surface area contributed by atoms with Crippen LogP contribution in [0.3, 0.4) is 0 Å². The Morgan fingerprint density at radius 2 is 2.15 bits per heavy atom. The van der Waals surface area contributed by atoms with Gasteiger partial charge < -0.3 is 14.7 Å². The van der Waals surface area contributed by atoms with E-state index >= 15 is 0 Å². The summed E-state index contributed by atoms with van der Waals surface area (Å²) in [4.78, 5) is 18.7. The molecule has 0 aliphatic carbocycles. The second-order valence-electron chi connectivity index (χ2n) is 4.50. The van der Waals surface area contributed by atoms with Crippen LogP contribution in [0.15, 0.2) is 34.2 Å². The summed E-state index contributed by atoms with van der Waals surface area (Å²) in [6, 6.07) is 6.80. The van der Waals surface area contributed by atoms with Gasteiger partial charge in [-0.1, -0.05) is 12.1 Å². The highest BCUT2D eigenvalue weighted by atomic mass is 32.2. The highest BCUT2D eigenvalue weighted by molar-refractivity contribution is 8.18. The molecule has 1 amide bonds. The van der Waals surface area contributed by atoms with Crippen molar-refractivity contribution in [3.63, 3.8) is 0 Å². The molecule has 1 aromatic carbocycles. The van der Waals surface area contributed by atoms with Gasteiger partial charge in [0, 0.05) is 13.1 Å². The topological polar surface area (TPSA) is 62.1 Å². The molecule has 3 rings (SSSR count). The van der Waals surface area contributed by atoms with Gasteiger partial charge in [0.25, 0.3) is 5.91 Å². The Kier molecular flexibility index (Phi) is 3.75. The largest absolute Gasteiger partial charge is 0.508 e. The first kappa shape index (κ1) is 13.2. The van der Waals surface area contributed by atoms with Crippen LogP contribution in [0.25, 0.3) is 6.08 Å². The van der Waals surface area contributed by atoms with Crippen molar-refractivity contribution < 1.29 is 14.6 Å². The van der Waals surface area contributed by atoms with Gasteiger partial charge >= 0.3 is 0 Å². The smallest absolute Gasteiger partial charge is 0.286 e. The van der Waals surface area contributed by atoms with Crippen LogP contribution in [0.4, 0.5) is 0 Å². The van der Waals surface area contributed by atoms with Crippen LogP contribution in [0, 0.1) is 0 Å². The number of thioether (sulfide) groups is 1. The number of ether oxygens (including phenoxy) is 1. The molecule has 0 aromatic heterocycles. The summed E-state index contributed by atoms with van der Waals surface area (Å²) in [5.41, 5.74) is 0.791. The van der Waals surface area contributed by atoms with Gasteiger partial charge in [-0.05, 0) is 35.5 Å².